The number of carbonyl (C=O) groups excluding carboxylic acids is 1. The van der Waals surface area contributed by atoms with Crippen LogP contribution in [0.25, 0.3) is 0 Å². The average Bonchev–Trinajstić information content (AvgIpc) is 3.19. The molecule has 4 rings (SSSR count). The van der Waals surface area contributed by atoms with Gasteiger partial charge in [-0.15, -0.1) is 0 Å². The molecule has 1 amide bonds. The van der Waals surface area contributed by atoms with E-state index >= 15 is 0 Å². The molecule has 0 bridgehead atoms. The smallest absolute Gasteiger partial charge is 0.236 e. The van der Waals surface area contributed by atoms with Gasteiger partial charge in [-0.1, -0.05) is 35.9 Å². The standard InChI is InChI=1S/C23H29N3O2/c1-18-7-9-19(10-8-18)16-20-4-2-5-21(24-20)22-6-3-11-26(22)17-23(27)25-12-14-28-15-13-25/h2,4-5,7-10,22H,3,6,11-17H2,1H3/t22-/m1/s1. The number of benzene rings is 1. The number of likely N-dealkylation sites (tertiary alicyclic amines) is 1. The number of aromatic nitrogens is 1. The minimum absolute atomic E-state index is 0.214. The normalized spacial score (nSPS) is 20.5. The van der Waals surface area contributed by atoms with Crippen LogP contribution >= 0.6 is 0 Å². The van der Waals surface area contributed by atoms with Gasteiger partial charge >= 0.3 is 0 Å². The van der Waals surface area contributed by atoms with Gasteiger partial charge in [0.15, 0.2) is 0 Å². The molecular formula is C23H29N3O2. The van der Waals surface area contributed by atoms with Gasteiger partial charge in [0.05, 0.1) is 31.5 Å². The molecule has 0 saturated carbocycles. The lowest BCUT2D eigenvalue weighted by atomic mass is 10.1. The van der Waals surface area contributed by atoms with Crippen LogP contribution in [0.5, 0.6) is 0 Å². The van der Waals surface area contributed by atoms with Crippen molar-refractivity contribution < 1.29 is 9.53 Å². The summed E-state index contributed by atoms with van der Waals surface area (Å²) in [5, 5.41) is 0. The van der Waals surface area contributed by atoms with Crippen LogP contribution in [-0.2, 0) is 16.0 Å². The Kier molecular flexibility index (Phi) is 6.03. The second-order valence-electron chi connectivity index (χ2n) is 7.84. The zero-order valence-corrected chi connectivity index (χ0v) is 16.6. The van der Waals surface area contributed by atoms with Gasteiger partial charge in [-0.25, -0.2) is 0 Å². The summed E-state index contributed by atoms with van der Waals surface area (Å²) in [4.78, 5) is 21.9. The van der Waals surface area contributed by atoms with E-state index in [4.69, 9.17) is 9.72 Å². The van der Waals surface area contributed by atoms with Crippen molar-refractivity contribution in [1.29, 1.82) is 0 Å². The van der Waals surface area contributed by atoms with E-state index in [2.05, 4.69) is 54.3 Å². The predicted octanol–water partition coefficient (Wildman–Crippen LogP) is 2.98. The monoisotopic (exact) mass is 379 g/mol. The summed E-state index contributed by atoms with van der Waals surface area (Å²) >= 11 is 0. The summed E-state index contributed by atoms with van der Waals surface area (Å²) in [6.45, 7) is 6.27. The third kappa shape index (κ3) is 4.59. The van der Waals surface area contributed by atoms with Gasteiger partial charge in [0.1, 0.15) is 0 Å². The number of pyridine rings is 1. The van der Waals surface area contributed by atoms with E-state index < -0.39 is 0 Å². The fraction of sp³-hybridized carbons (Fsp3) is 0.478. The Balaban J connectivity index is 1.43. The summed E-state index contributed by atoms with van der Waals surface area (Å²) in [7, 11) is 0. The van der Waals surface area contributed by atoms with Crippen molar-refractivity contribution >= 4 is 5.91 Å². The van der Waals surface area contributed by atoms with E-state index in [0.717, 1.165) is 37.2 Å². The van der Waals surface area contributed by atoms with Gasteiger partial charge in [-0.3, -0.25) is 14.7 Å². The van der Waals surface area contributed by atoms with Crippen molar-refractivity contribution in [2.75, 3.05) is 39.4 Å². The fourth-order valence-electron chi connectivity index (χ4n) is 4.13. The lowest BCUT2D eigenvalue weighted by molar-refractivity contribution is -0.136. The Hall–Kier alpha value is -2.24. The maximum absolute atomic E-state index is 12.7. The quantitative estimate of drug-likeness (QED) is 0.801. The Morgan fingerprint density at radius 1 is 1.11 bits per heavy atom. The molecule has 1 atom stereocenters. The molecule has 0 aliphatic carbocycles. The molecule has 0 unspecified atom stereocenters. The number of rotatable bonds is 5. The molecule has 2 aliphatic rings. The van der Waals surface area contributed by atoms with E-state index in [1.54, 1.807) is 0 Å². The molecule has 2 aliphatic heterocycles. The van der Waals surface area contributed by atoms with E-state index in [-0.39, 0.29) is 11.9 Å². The van der Waals surface area contributed by atoms with Gasteiger partial charge in [-0.2, -0.15) is 0 Å². The maximum atomic E-state index is 12.7. The maximum Gasteiger partial charge on any atom is 0.236 e. The molecule has 1 aromatic carbocycles. The first kappa shape index (κ1) is 19.1. The van der Waals surface area contributed by atoms with Crippen LogP contribution in [0.2, 0.25) is 0 Å². The van der Waals surface area contributed by atoms with Crippen LogP contribution in [0.4, 0.5) is 0 Å². The van der Waals surface area contributed by atoms with E-state index in [1.807, 2.05) is 4.90 Å². The van der Waals surface area contributed by atoms with Gasteiger partial charge < -0.3 is 9.64 Å². The first-order valence-corrected chi connectivity index (χ1v) is 10.3. The highest BCUT2D eigenvalue weighted by molar-refractivity contribution is 5.78. The second-order valence-corrected chi connectivity index (χ2v) is 7.84. The molecule has 5 nitrogen and oxygen atoms in total. The van der Waals surface area contributed by atoms with Crippen LogP contribution in [0.1, 0.15) is 41.4 Å². The molecule has 5 heteroatoms. The largest absolute Gasteiger partial charge is 0.378 e. The topological polar surface area (TPSA) is 45.7 Å². The minimum Gasteiger partial charge on any atom is -0.378 e. The molecule has 3 heterocycles. The Bertz CT molecular complexity index is 800. The van der Waals surface area contributed by atoms with E-state index in [0.29, 0.717) is 32.8 Å². The number of amides is 1. The highest BCUT2D eigenvalue weighted by Crippen LogP contribution is 2.31. The highest BCUT2D eigenvalue weighted by atomic mass is 16.5. The van der Waals surface area contributed by atoms with E-state index in [9.17, 15) is 4.79 Å². The highest BCUT2D eigenvalue weighted by Gasteiger charge is 2.30. The Labute approximate surface area is 167 Å². The van der Waals surface area contributed by atoms with Crippen molar-refractivity contribution in [1.82, 2.24) is 14.8 Å². The molecule has 0 N–H and O–H groups in total. The molecule has 28 heavy (non-hydrogen) atoms. The second kappa shape index (κ2) is 8.84. The number of hydrogen-bond donors (Lipinski definition) is 0. The number of carbonyl (C=O) groups is 1. The van der Waals surface area contributed by atoms with Crippen LogP contribution in [-0.4, -0.2) is 60.1 Å². The molecular weight excluding hydrogens is 350 g/mol. The van der Waals surface area contributed by atoms with Crippen molar-refractivity contribution in [3.05, 3.63) is 65.0 Å². The van der Waals surface area contributed by atoms with Crippen LogP contribution in [0, 0.1) is 6.92 Å². The molecule has 0 radical (unpaired) electrons. The lowest BCUT2D eigenvalue weighted by Gasteiger charge is -2.30. The molecule has 2 saturated heterocycles. The van der Waals surface area contributed by atoms with Crippen LogP contribution in [0.15, 0.2) is 42.5 Å². The predicted molar refractivity (Wildman–Crippen MR) is 109 cm³/mol. The molecule has 1 aromatic heterocycles. The van der Waals surface area contributed by atoms with Crippen molar-refractivity contribution in [2.45, 2.75) is 32.2 Å². The van der Waals surface area contributed by atoms with Crippen molar-refractivity contribution in [3.8, 4) is 0 Å². The Morgan fingerprint density at radius 3 is 2.68 bits per heavy atom. The SMILES string of the molecule is Cc1ccc(Cc2cccc([C@H]3CCCN3CC(=O)N3CCOCC3)n2)cc1. The summed E-state index contributed by atoms with van der Waals surface area (Å²) < 4.78 is 5.36. The fourth-order valence-corrected chi connectivity index (χ4v) is 4.13. The minimum atomic E-state index is 0.214. The average molecular weight is 380 g/mol. The number of hydrogen-bond acceptors (Lipinski definition) is 4. The van der Waals surface area contributed by atoms with Gasteiger partial charge in [0.2, 0.25) is 5.91 Å². The van der Waals surface area contributed by atoms with Crippen LogP contribution in [0.3, 0.4) is 0 Å². The summed E-state index contributed by atoms with van der Waals surface area (Å²) in [6, 6.07) is 15.2. The summed E-state index contributed by atoms with van der Waals surface area (Å²) in [5.74, 6) is 0.214. The molecule has 0 spiro atoms. The number of aryl methyl sites for hydroxylation is 1. The summed E-state index contributed by atoms with van der Waals surface area (Å²) in [5.41, 5.74) is 4.74. The number of morpholine rings is 1. The Morgan fingerprint density at radius 2 is 1.89 bits per heavy atom. The molecule has 2 aromatic rings. The van der Waals surface area contributed by atoms with Gasteiger partial charge in [-0.05, 0) is 44.0 Å². The number of nitrogens with zero attached hydrogens (tertiary/aromatic N) is 3. The lowest BCUT2D eigenvalue weighted by Crippen LogP contribution is -2.45. The van der Waals surface area contributed by atoms with Crippen molar-refractivity contribution in [2.24, 2.45) is 0 Å². The van der Waals surface area contributed by atoms with Gasteiger partial charge in [0, 0.05) is 25.2 Å². The summed E-state index contributed by atoms with van der Waals surface area (Å²) in [6.07, 6.45) is 3.02. The third-order valence-electron chi connectivity index (χ3n) is 5.74. The van der Waals surface area contributed by atoms with E-state index in [1.165, 1.54) is 11.1 Å². The molecule has 2 fully saturated rings. The van der Waals surface area contributed by atoms with Crippen LogP contribution < -0.4 is 0 Å². The van der Waals surface area contributed by atoms with Gasteiger partial charge in [0.25, 0.3) is 0 Å². The first-order chi connectivity index (χ1) is 13.7. The number of ether oxygens (including phenoxy) is 1. The molecule has 148 valence electrons. The zero-order valence-electron chi connectivity index (χ0n) is 16.6. The zero-order chi connectivity index (χ0) is 19.3. The first-order valence-electron chi connectivity index (χ1n) is 10.3. The third-order valence-corrected chi connectivity index (χ3v) is 5.74. The van der Waals surface area contributed by atoms with Crippen molar-refractivity contribution in [3.63, 3.8) is 0 Å².